The number of nitro groups is 1. The van der Waals surface area contributed by atoms with Gasteiger partial charge in [0, 0.05) is 25.3 Å². The first-order valence-corrected chi connectivity index (χ1v) is 6.69. The van der Waals surface area contributed by atoms with E-state index in [1.807, 2.05) is 13.8 Å². The van der Waals surface area contributed by atoms with Crippen molar-refractivity contribution < 1.29 is 9.31 Å². The summed E-state index contributed by atoms with van der Waals surface area (Å²) in [4.78, 5) is 14.5. The zero-order valence-electron chi connectivity index (χ0n) is 11.9. The lowest BCUT2D eigenvalue weighted by molar-refractivity contribution is -0.383. The number of anilines is 1. The number of hydrogen-bond donors (Lipinski definition) is 2. The third-order valence-electron chi connectivity index (χ3n) is 3.00. The molecule has 112 valence electrons. The van der Waals surface area contributed by atoms with Crippen LogP contribution < -0.4 is 10.6 Å². The van der Waals surface area contributed by atoms with Crippen molar-refractivity contribution in [3.8, 4) is 0 Å². The predicted octanol–water partition coefficient (Wildman–Crippen LogP) is 2.69. The van der Waals surface area contributed by atoms with Crippen molar-refractivity contribution in [3.63, 3.8) is 0 Å². The smallest absolute Gasteiger partial charge is 0.281 e. The zero-order valence-corrected chi connectivity index (χ0v) is 11.9. The zero-order chi connectivity index (χ0) is 15.4. The quantitative estimate of drug-likeness (QED) is 0.486. The Balaban J connectivity index is 2.33. The fourth-order valence-corrected chi connectivity index (χ4v) is 2.06. The molecule has 0 unspecified atom stereocenters. The minimum atomic E-state index is -0.669. The third kappa shape index (κ3) is 3.43. The summed E-state index contributed by atoms with van der Waals surface area (Å²) >= 11 is 0. The Morgan fingerprint density at radius 1 is 1.43 bits per heavy atom. The molecule has 0 aliphatic carbocycles. The van der Waals surface area contributed by atoms with E-state index in [0.29, 0.717) is 24.5 Å². The van der Waals surface area contributed by atoms with Gasteiger partial charge in [0.1, 0.15) is 5.52 Å². The fourth-order valence-electron chi connectivity index (χ4n) is 2.06. The highest BCUT2D eigenvalue weighted by Crippen LogP contribution is 2.32. The Kier molecular flexibility index (Phi) is 4.64. The summed E-state index contributed by atoms with van der Waals surface area (Å²) in [5.74, 6) is -0.669. The molecular weight excluding hydrogens is 275 g/mol. The van der Waals surface area contributed by atoms with Crippen LogP contribution in [0.3, 0.4) is 0 Å². The molecule has 1 heterocycles. The van der Waals surface area contributed by atoms with Gasteiger partial charge >= 0.3 is 0 Å². The molecule has 0 amide bonds. The maximum absolute atomic E-state index is 14.1. The van der Waals surface area contributed by atoms with E-state index in [2.05, 4.69) is 15.6 Å². The van der Waals surface area contributed by atoms with Gasteiger partial charge in [-0.25, -0.2) is 4.39 Å². The maximum atomic E-state index is 14.1. The van der Waals surface area contributed by atoms with Crippen LogP contribution in [0.4, 0.5) is 15.8 Å². The number of rotatable bonds is 6. The van der Waals surface area contributed by atoms with Crippen LogP contribution in [-0.4, -0.2) is 29.0 Å². The van der Waals surface area contributed by atoms with Crippen LogP contribution in [0.1, 0.15) is 13.8 Å². The van der Waals surface area contributed by atoms with E-state index in [1.165, 1.54) is 6.20 Å². The van der Waals surface area contributed by atoms with Gasteiger partial charge < -0.3 is 10.6 Å². The van der Waals surface area contributed by atoms with Crippen molar-refractivity contribution in [1.82, 2.24) is 10.3 Å². The van der Waals surface area contributed by atoms with Gasteiger partial charge in [-0.05, 0) is 12.1 Å². The summed E-state index contributed by atoms with van der Waals surface area (Å²) in [5, 5.41) is 17.5. The Morgan fingerprint density at radius 2 is 2.19 bits per heavy atom. The summed E-state index contributed by atoms with van der Waals surface area (Å²) in [6, 6.07) is 4.43. The molecule has 1 aromatic carbocycles. The number of halogens is 1. The van der Waals surface area contributed by atoms with Gasteiger partial charge in [-0.1, -0.05) is 13.8 Å². The molecule has 0 bridgehead atoms. The van der Waals surface area contributed by atoms with Gasteiger partial charge in [0.15, 0.2) is 5.82 Å². The lowest BCUT2D eigenvalue weighted by Gasteiger charge is -2.12. The van der Waals surface area contributed by atoms with Gasteiger partial charge in [0.05, 0.1) is 22.1 Å². The molecule has 0 spiro atoms. The second kappa shape index (κ2) is 6.45. The van der Waals surface area contributed by atoms with Crippen molar-refractivity contribution in [1.29, 1.82) is 0 Å². The molecule has 0 saturated carbocycles. The first-order valence-electron chi connectivity index (χ1n) is 6.69. The van der Waals surface area contributed by atoms with Crippen LogP contribution in [0.25, 0.3) is 10.9 Å². The molecule has 2 N–H and O–H groups in total. The molecule has 2 rings (SSSR count). The standard InChI is InChI=1S/C14H17FN4O2/c1-9(2)16-6-7-18-14-11(15)8-12(19(20)21)10-4-3-5-17-13(10)14/h3-5,8-9,16,18H,6-7H2,1-2H3. The Hall–Kier alpha value is -2.28. The van der Waals surface area contributed by atoms with Crippen molar-refractivity contribution in [3.05, 3.63) is 40.3 Å². The Labute approximate surface area is 121 Å². The van der Waals surface area contributed by atoms with E-state index in [0.717, 1.165) is 6.07 Å². The number of nitro benzene ring substituents is 1. The summed E-state index contributed by atoms with van der Waals surface area (Å²) in [5.41, 5.74) is 0.192. The number of nitrogens with one attached hydrogen (secondary N) is 2. The molecule has 0 atom stereocenters. The number of aromatic nitrogens is 1. The molecule has 21 heavy (non-hydrogen) atoms. The van der Waals surface area contributed by atoms with Crippen molar-refractivity contribution in [2.75, 3.05) is 18.4 Å². The highest BCUT2D eigenvalue weighted by atomic mass is 19.1. The lowest BCUT2D eigenvalue weighted by Crippen LogP contribution is -2.28. The largest absolute Gasteiger partial charge is 0.380 e. The lowest BCUT2D eigenvalue weighted by atomic mass is 10.1. The maximum Gasteiger partial charge on any atom is 0.281 e. The van der Waals surface area contributed by atoms with E-state index >= 15 is 0 Å². The Bertz CT molecular complexity index is 661. The molecule has 0 aliphatic heterocycles. The number of nitrogens with zero attached hydrogens (tertiary/aromatic N) is 2. The van der Waals surface area contributed by atoms with Crippen molar-refractivity contribution >= 4 is 22.3 Å². The van der Waals surface area contributed by atoms with E-state index in [9.17, 15) is 14.5 Å². The number of hydrogen-bond acceptors (Lipinski definition) is 5. The molecule has 0 saturated heterocycles. The average molecular weight is 292 g/mol. The van der Waals surface area contributed by atoms with Crippen LogP contribution in [0.5, 0.6) is 0 Å². The number of non-ortho nitro benzene ring substituents is 1. The highest BCUT2D eigenvalue weighted by Gasteiger charge is 2.19. The van der Waals surface area contributed by atoms with Crippen LogP contribution >= 0.6 is 0 Å². The van der Waals surface area contributed by atoms with E-state index in [4.69, 9.17) is 0 Å². The molecule has 0 aliphatic rings. The van der Waals surface area contributed by atoms with Crippen LogP contribution in [0.2, 0.25) is 0 Å². The third-order valence-corrected chi connectivity index (χ3v) is 3.00. The fraction of sp³-hybridized carbons (Fsp3) is 0.357. The Morgan fingerprint density at radius 3 is 2.86 bits per heavy atom. The molecular formula is C14H17FN4O2. The van der Waals surface area contributed by atoms with E-state index in [1.54, 1.807) is 12.1 Å². The summed E-state index contributed by atoms with van der Waals surface area (Å²) < 4.78 is 14.1. The van der Waals surface area contributed by atoms with Gasteiger partial charge in [-0.2, -0.15) is 0 Å². The first kappa shape index (κ1) is 15.1. The molecule has 2 aromatic rings. The molecule has 1 aromatic heterocycles. The molecule has 0 fully saturated rings. The minimum Gasteiger partial charge on any atom is -0.380 e. The van der Waals surface area contributed by atoms with Crippen molar-refractivity contribution in [2.24, 2.45) is 0 Å². The molecule has 6 nitrogen and oxygen atoms in total. The second-order valence-corrected chi connectivity index (χ2v) is 4.94. The van der Waals surface area contributed by atoms with E-state index < -0.39 is 10.7 Å². The normalized spacial score (nSPS) is 11.0. The number of fused-ring (bicyclic) bond motifs is 1. The SMILES string of the molecule is CC(C)NCCNc1c(F)cc([N+](=O)[O-])c2cccnc12. The predicted molar refractivity (Wildman–Crippen MR) is 80.0 cm³/mol. The van der Waals surface area contributed by atoms with Crippen LogP contribution in [0.15, 0.2) is 24.4 Å². The number of pyridine rings is 1. The molecule has 7 heteroatoms. The topological polar surface area (TPSA) is 80.1 Å². The monoisotopic (exact) mass is 292 g/mol. The van der Waals surface area contributed by atoms with Gasteiger partial charge in [-0.15, -0.1) is 0 Å². The van der Waals surface area contributed by atoms with Gasteiger partial charge in [0.25, 0.3) is 5.69 Å². The minimum absolute atomic E-state index is 0.196. The van der Waals surface area contributed by atoms with Gasteiger partial charge in [-0.3, -0.25) is 15.1 Å². The summed E-state index contributed by atoms with van der Waals surface area (Å²) in [6.07, 6.45) is 1.49. The first-order chi connectivity index (χ1) is 10.0. The number of benzene rings is 1. The van der Waals surface area contributed by atoms with Crippen LogP contribution in [-0.2, 0) is 0 Å². The van der Waals surface area contributed by atoms with Crippen LogP contribution in [0, 0.1) is 15.9 Å². The van der Waals surface area contributed by atoms with E-state index in [-0.39, 0.29) is 16.9 Å². The summed E-state index contributed by atoms with van der Waals surface area (Å²) in [6.45, 7) is 5.19. The van der Waals surface area contributed by atoms with Gasteiger partial charge in [0.2, 0.25) is 0 Å². The molecule has 0 radical (unpaired) electrons. The average Bonchev–Trinajstić information content (AvgIpc) is 2.44. The second-order valence-electron chi connectivity index (χ2n) is 4.94. The van der Waals surface area contributed by atoms with Crippen molar-refractivity contribution in [2.45, 2.75) is 19.9 Å². The summed E-state index contributed by atoms with van der Waals surface area (Å²) in [7, 11) is 0. The highest BCUT2D eigenvalue weighted by molar-refractivity contribution is 5.97.